The van der Waals surface area contributed by atoms with Gasteiger partial charge in [-0.15, -0.1) is 0 Å². The van der Waals surface area contributed by atoms with Crippen molar-refractivity contribution in [1.82, 2.24) is 0 Å². The van der Waals surface area contributed by atoms with Crippen molar-refractivity contribution in [1.29, 1.82) is 0 Å². The van der Waals surface area contributed by atoms with Crippen molar-refractivity contribution in [3.05, 3.63) is 108 Å². The average Bonchev–Trinajstić information content (AvgIpc) is 2.92. The van der Waals surface area contributed by atoms with Crippen molar-refractivity contribution < 1.29 is 37.7 Å². The Morgan fingerprint density at radius 2 is 1.11 bits per heavy atom. The van der Waals surface area contributed by atoms with E-state index < -0.39 is 54.0 Å². The fourth-order valence-corrected chi connectivity index (χ4v) is 4.15. The van der Waals surface area contributed by atoms with Crippen molar-refractivity contribution in [2.24, 2.45) is 0 Å². The van der Waals surface area contributed by atoms with E-state index in [1.165, 1.54) is 0 Å². The number of hydrogen-bond acceptors (Lipinski definition) is 7. The third-order valence-corrected chi connectivity index (χ3v) is 6.39. The maximum Gasteiger partial charge on any atom is 0.338 e. The van der Waals surface area contributed by atoms with Crippen molar-refractivity contribution in [2.45, 2.75) is 29.5 Å². The summed E-state index contributed by atoms with van der Waals surface area (Å²) in [4.78, 5) is 37.0. The molecule has 7 nitrogen and oxygen atoms in total. The van der Waals surface area contributed by atoms with Crippen LogP contribution in [0.25, 0.3) is 0 Å². The Kier molecular flexibility index (Phi) is 8.45. The second kappa shape index (κ2) is 11.9. The zero-order valence-electron chi connectivity index (χ0n) is 18.9. The summed E-state index contributed by atoms with van der Waals surface area (Å²) in [7, 11) is 0. The molecule has 1 aliphatic rings. The van der Waals surface area contributed by atoms with Crippen LogP contribution in [-0.2, 0) is 18.9 Å². The lowest BCUT2D eigenvalue weighted by molar-refractivity contribution is -0.209. The molecular weight excluding hydrogens is 535 g/mol. The van der Waals surface area contributed by atoms with Crippen LogP contribution in [0.1, 0.15) is 31.1 Å². The number of alkyl halides is 2. The molecule has 3 aromatic rings. The van der Waals surface area contributed by atoms with Crippen molar-refractivity contribution in [2.75, 3.05) is 6.61 Å². The minimum Gasteiger partial charge on any atom is -0.459 e. The fraction of sp³-hybridized carbons (Fsp3) is 0.222. The standard InChI is InChI=1S/C27H22BrFO7/c28-21-23(36-27(32)19-14-8-3-9-15-19)22(35-26(31)18-12-6-2-7-13-18)20(34-24(21)29)16-33-25(30)17-10-4-1-5-11-17/h1-15,20-24H,16H2/t20-,21+,22-,23-,24+/m1/s1. The van der Waals surface area contributed by atoms with Crippen LogP contribution in [0.15, 0.2) is 91.0 Å². The van der Waals surface area contributed by atoms with Gasteiger partial charge in [-0.2, -0.15) is 0 Å². The van der Waals surface area contributed by atoms with Gasteiger partial charge in [0.1, 0.15) is 17.5 Å². The lowest BCUT2D eigenvalue weighted by Crippen LogP contribution is -2.58. The van der Waals surface area contributed by atoms with E-state index in [4.69, 9.17) is 18.9 Å². The number of hydrogen-bond donors (Lipinski definition) is 0. The van der Waals surface area contributed by atoms with E-state index in [1.807, 2.05) is 0 Å². The smallest absolute Gasteiger partial charge is 0.338 e. The van der Waals surface area contributed by atoms with Crippen LogP contribution >= 0.6 is 15.9 Å². The summed E-state index contributed by atoms with van der Waals surface area (Å²) in [5, 5.41) is 0. The summed E-state index contributed by atoms with van der Waals surface area (Å²) in [5.74, 6) is -2.14. The molecule has 0 bridgehead atoms. The quantitative estimate of drug-likeness (QED) is 0.235. The molecule has 186 valence electrons. The Morgan fingerprint density at radius 3 is 1.58 bits per heavy atom. The first kappa shape index (κ1) is 25.5. The van der Waals surface area contributed by atoms with Gasteiger partial charge in [-0.1, -0.05) is 70.5 Å². The predicted molar refractivity (Wildman–Crippen MR) is 130 cm³/mol. The Hall–Kier alpha value is -3.56. The molecule has 36 heavy (non-hydrogen) atoms. The van der Waals surface area contributed by atoms with Gasteiger partial charge in [-0.3, -0.25) is 0 Å². The van der Waals surface area contributed by atoms with Crippen LogP contribution in [0.2, 0.25) is 0 Å². The van der Waals surface area contributed by atoms with E-state index in [0.29, 0.717) is 0 Å². The number of carbonyl (C=O) groups excluding carboxylic acids is 3. The van der Waals surface area contributed by atoms with Gasteiger partial charge in [-0.25, -0.2) is 18.8 Å². The van der Waals surface area contributed by atoms with Crippen LogP contribution in [-0.4, -0.2) is 54.0 Å². The van der Waals surface area contributed by atoms with E-state index in [-0.39, 0.29) is 16.7 Å². The van der Waals surface area contributed by atoms with Crippen molar-refractivity contribution in [3.63, 3.8) is 0 Å². The van der Waals surface area contributed by atoms with Crippen LogP contribution in [0.3, 0.4) is 0 Å². The summed E-state index contributed by atoms with van der Waals surface area (Å²) >= 11 is 3.18. The van der Waals surface area contributed by atoms with Gasteiger partial charge in [0, 0.05) is 0 Å². The summed E-state index contributed by atoms with van der Waals surface area (Å²) in [6, 6.07) is 24.5. The third-order valence-electron chi connectivity index (χ3n) is 5.45. The minimum atomic E-state index is -1.94. The molecule has 0 N–H and O–H groups in total. The minimum absolute atomic E-state index is 0.235. The molecule has 9 heteroatoms. The molecule has 0 spiro atoms. The van der Waals surface area contributed by atoms with Gasteiger partial charge >= 0.3 is 17.9 Å². The average molecular weight is 557 g/mol. The first-order valence-corrected chi connectivity index (χ1v) is 12.0. The van der Waals surface area contributed by atoms with Crippen LogP contribution in [0.4, 0.5) is 4.39 Å². The topological polar surface area (TPSA) is 88.1 Å². The van der Waals surface area contributed by atoms with Crippen LogP contribution in [0.5, 0.6) is 0 Å². The van der Waals surface area contributed by atoms with E-state index in [2.05, 4.69) is 15.9 Å². The molecule has 0 radical (unpaired) electrons. The number of halogens is 2. The molecule has 0 aliphatic carbocycles. The van der Waals surface area contributed by atoms with Gasteiger partial charge in [-0.05, 0) is 36.4 Å². The highest BCUT2D eigenvalue weighted by Gasteiger charge is 2.50. The first-order chi connectivity index (χ1) is 17.4. The number of carbonyl (C=O) groups is 3. The molecule has 0 aromatic heterocycles. The van der Waals surface area contributed by atoms with Crippen molar-refractivity contribution >= 4 is 33.8 Å². The second-order valence-electron chi connectivity index (χ2n) is 7.91. The number of ether oxygens (including phenoxy) is 4. The lowest BCUT2D eigenvalue weighted by Gasteiger charge is -2.40. The lowest BCUT2D eigenvalue weighted by atomic mass is 10.0. The fourth-order valence-electron chi connectivity index (χ4n) is 3.62. The Bertz CT molecular complexity index is 1180. The highest BCUT2D eigenvalue weighted by atomic mass is 79.9. The SMILES string of the molecule is O=C(OC[C@H]1O[C@H](F)[C@@H](Br)[C@@H](OC(=O)c2ccccc2)[C@@H]1OC(=O)c1ccccc1)c1ccccc1. The summed E-state index contributed by atoms with van der Waals surface area (Å²) in [6.07, 6.45) is -5.76. The molecule has 4 rings (SSSR count). The summed E-state index contributed by atoms with van der Waals surface area (Å²) in [6.45, 7) is -0.444. The molecule has 1 heterocycles. The van der Waals surface area contributed by atoms with E-state index in [9.17, 15) is 18.8 Å². The largest absolute Gasteiger partial charge is 0.459 e. The zero-order valence-corrected chi connectivity index (χ0v) is 20.5. The van der Waals surface area contributed by atoms with Gasteiger partial charge in [0.2, 0.25) is 6.36 Å². The molecule has 1 saturated heterocycles. The highest BCUT2D eigenvalue weighted by Crippen LogP contribution is 2.33. The predicted octanol–water partition coefficient (Wildman–Crippen LogP) is 4.75. The van der Waals surface area contributed by atoms with E-state index in [0.717, 1.165) is 0 Å². The summed E-state index contributed by atoms with van der Waals surface area (Å²) in [5.41, 5.74) is 0.756. The molecule has 0 unspecified atom stereocenters. The first-order valence-electron chi connectivity index (χ1n) is 11.1. The van der Waals surface area contributed by atoms with Gasteiger partial charge in [0.05, 0.1) is 16.7 Å². The molecular formula is C27H22BrFO7. The number of esters is 3. The maximum atomic E-state index is 14.9. The van der Waals surface area contributed by atoms with Crippen LogP contribution in [0, 0.1) is 0 Å². The number of benzene rings is 3. The molecule has 5 atom stereocenters. The Balaban J connectivity index is 1.57. The summed E-state index contributed by atoms with van der Waals surface area (Å²) < 4.78 is 36.9. The molecule has 1 fully saturated rings. The second-order valence-corrected chi connectivity index (χ2v) is 8.96. The maximum absolute atomic E-state index is 14.9. The van der Waals surface area contributed by atoms with E-state index >= 15 is 0 Å². The van der Waals surface area contributed by atoms with Gasteiger partial charge < -0.3 is 18.9 Å². The monoisotopic (exact) mass is 556 g/mol. The number of rotatable bonds is 7. The van der Waals surface area contributed by atoms with Gasteiger partial charge in [0.15, 0.2) is 12.2 Å². The third kappa shape index (κ3) is 6.16. The molecule has 0 saturated carbocycles. The molecule has 3 aromatic carbocycles. The zero-order chi connectivity index (χ0) is 25.5. The normalized spacial score (nSPS) is 23.3. The van der Waals surface area contributed by atoms with Crippen molar-refractivity contribution in [3.8, 4) is 0 Å². The van der Waals surface area contributed by atoms with Gasteiger partial charge in [0.25, 0.3) is 0 Å². The molecule has 1 aliphatic heterocycles. The van der Waals surface area contributed by atoms with E-state index in [1.54, 1.807) is 91.0 Å². The highest BCUT2D eigenvalue weighted by molar-refractivity contribution is 9.09. The Morgan fingerprint density at radius 1 is 0.694 bits per heavy atom. The Labute approximate surface area is 215 Å². The van der Waals surface area contributed by atoms with Crippen LogP contribution < -0.4 is 0 Å². The molecule has 0 amide bonds.